The topological polar surface area (TPSA) is 32.8 Å². The summed E-state index contributed by atoms with van der Waals surface area (Å²) in [5, 5.41) is 8.87. The first kappa shape index (κ1) is 11.4. The zero-order valence-electron chi connectivity index (χ0n) is 9.93. The Morgan fingerprint density at radius 2 is 1.80 bits per heavy atom. The zero-order chi connectivity index (χ0) is 10.8. The number of epoxide rings is 1. The smallest absolute Gasteiger partial charge is 0.0944 e. The van der Waals surface area contributed by atoms with Crippen LogP contribution in [0.5, 0.6) is 0 Å². The molecule has 15 heavy (non-hydrogen) atoms. The quantitative estimate of drug-likeness (QED) is 0.561. The Morgan fingerprint density at radius 1 is 1.13 bits per heavy atom. The van der Waals surface area contributed by atoms with Gasteiger partial charge < -0.3 is 9.84 Å². The van der Waals surface area contributed by atoms with Crippen molar-refractivity contribution in [3.63, 3.8) is 0 Å². The average molecular weight is 212 g/mol. The Kier molecular flexibility index (Phi) is 3.36. The van der Waals surface area contributed by atoms with Crippen molar-refractivity contribution in [1.82, 2.24) is 0 Å². The van der Waals surface area contributed by atoms with Crippen LogP contribution in [0, 0.1) is 5.41 Å². The van der Waals surface area contributed by atoms with Crippen LogP contribution in [0.1, 0.15) is 58.3 Å². The lowest BCUT2D eigenvalue weighted by Crippen LogP contribution is -2.38. The molecule has 0 radical (unpaired) electrons. The van der Waals surface area contributed by atoms with Gasteiger partial charge in [-0.25, -0.2) is 0 Å². The van der Waals surface area contributed by atoms with Crippen LogP contribution in [0.2, 0.25) is 0 Å². The van der Waals surface area contributed by atoms with Crippen LogP contribution in [0.15, 0.2) is 0 Å². The van der Waals surface area contributed by atoms with E-state index in [1.54, 1.807) is 0 Å². The Balaban J connectivity index is 1.95. The largest absolute Gasteiger partial charge is 0.396 e. The lowest BCUT2D eigenvalue weighted by molar-refractivity contribution is 0.0545. The molecule has 1 aliphatic heterocycles. The zero-order valence-corrected chi connectivity index (χ0v) is 9.93. The van der Waals surface area contributed by atoms with Gasteiger partial charge in [0.05, 0.1) is 12.2 Å². The minimum Gasteiger partial charge on any atom is -0.396 e. The summed E-state index contributed by atoms with van der Waals surface area (Å²) in [7, 11) is 0. The number of rotatable bonds is 5. The molecule has 1 N–H and O–H groups in total. The van der Waals surface area contributed by atoms with Crippen molar-refractivity contribution in [3.8, 4) is 0 Å². The standard InChI is InChI=1S/C13H24O2/c1-12(11-15-12)13(9-5-6-10-14)7-3-2-4-8-13/h14H,2-11H2,1H3/t12-/m1/s1. The molecular formula is C13H24O2. The minimum atomic E-state index is 0.183. The molecule has 0 aromatic rings. The van der Waals surface area contributed by atoms with Crippen molar-refractivity contribution in [2.45, 2.75) is 63.9 Å². The molecule has 1 atom stereocenters. The lowest BCUT2D eigenvalue weighted by Gasteiger charge is -2.41. The summed E-state index contributed by atoms with van der Waals surface area (Å²) in [4.78, 5) is 0. The summed E-state index contributed by atoms with van der Waals surface area (Å²) in [6, 6.07) is 0. The Morgan fingerprint density at radius 3 is 2.33 bits per heavy atom. The van der Waals surface area contributed by atoms with E-state index >= 15 is 0 Å². The van der Waals surface area contributed by atoms with Gasteiger partial charge in [0.15, 0.2) is 0 Å². The molecule has 0 bridgehead atoms. The molecule has 0 amide bonds. The molecule has 2 nitrogen and oxygen atoms in total. The van der Waals surface area contributed by atoms with Crippen LogP contribution in [-0.2, 0) is 4.74 Å². The van der Waals surface area contributed by atoms with Gasteiger partial charge in [-0.15, -0.1) is 0 Å². The van der Waals surface area contributed by atoms with Gasteiger partial charge in [-0.2, -0.15) is 0 Å². The van der Waals surface area contributed by atoms with E-state index < -0.39 is 0 Å². The molecule has 1 heterocycles. The van der Waals surface area contributed by atoms with Gasteiger partial charge >= 0.3 is 0 Å². The van der Waals surface area contributed by atoms with Crippen LogP contribution in [0.3, 0.4) is 0 Å². The van der Waals surface area contributed by atoms with Gasteiger partial charge in [0, 0.05) is 12.0 Å². The first-order valence-electron chi connectivity index (χ1n) is 6.47. The first-order valence-corrected chi connectivity index (χ1v) is 6.47. The van der Waals surface area contributed by atoms with Crippen molar-refractivity contribution in [1.29, 1.82) is 0 Å². The molecule has 0 unspecified atom stereocenters. The van der Waals surface area contributed by atoms with Crippen molar-refractivity contribution in [2.24, 2.45) is 5.41 Å². The highest BCUT2D eigenvalue weighted by Gasteiger charge is 2.56. The maximum absolute atomic E-state index is 8.87. The molecule has 0 spiro atoms. The highest BCUT2D eigenvalue weighted by Crippen LogP contribution is 2.55. The van der Waals surface area contributed by atoms with Gasteiger partial charge in [0.2, 0.25) is 0 Å². The predicted octanol–water partition coefficient (Wildman–Crippen LogP) is 2.89. The number of aliphatic hydroxyl groups excluding tert-OH is 1. The van der Waals surface area contributed by atoms with Crippen molar-refractivity contribution >= 4 is 0 Å². The summed E-state index contributed by atoms with van der Waals surface area (Å²) < 4.78 is 5.71. The normalized spacial score (nSPS) is 34.0. The summed E-state index contributed by atoms with van der Waals surface area (Å²) in [5.74, 6) is 0. The van der Waals surface area contributed by atoms with Crippen LogP contribution < -0.4 is 0 Å². The van der Waals surface area contributed by atoms with Gasteiger partial charge in [0.1, 0.15) is 0 Å². The number of unbranched alkanes of at least 4 members (excludes halogenated alkanes) is 1. The highest BCUT2D eigenvalue weighted by molar-refractivity contribution is 5.05. The van der Waals surface area contributed by atoms with Gasteiger partial charge in [-0.1, -0.05) is 25.7 Å². The molecule has 0 aromatic carbocycles. The fraction of sp³-hybridized carbons (Fsp3) is 1.00. The number of ether oxygens (including phenoxy) is 1. The fourth-order valence-electron chi connectivity index (χ4n) is 3.26. The number of hydrogen-bond donors (Lipinski definition) is 1. The Labute approximate surface area is 93.0 Å². The van der Waals surface area contributed by atoms with E-state index in [0.717, 1.165) is 19.4 Å². The third kappa shape index (κ3) is 2.21. The van der Waals surface area contributed by atoms with Gasteiger partial charge in [0.25, 0.3) is 0 Å². The summed E-state index contributed by atoms with van der Waals surface area (Å²) in [5.41, 5.74) is 0.628. The van der Waals surface area contributed by atoms with E-state index in [0.29, 0.717) is 12.0 Å². The molecule has 0 aromatic heterocycles. The SMILES string of the molecule is C[C@]1(C2(CCCCO)CCCCC2)CO1. The fourth-order valence-corrected chi connectivity index (χ4v) is 3.26. The summed E-state index contributed by atoms with van der Waals surface area (Å²) >= 11 is 0. The third-order valence-corrected chi connectivity index (χ3v) is 4.57. The van der Waals surface area contributed by atoms with E-state index in [2.05, 4.69) is 6.92 Å². The van der Waals surface area contributed by atoms with Crippen molar-refractivity contribution < 1.29 is 9.84 Å². The number of aliphatic hydroxyl groups is 1. The van der Waals surface area contributed by atoms with Crippen LogP contribution in [0.25, 0.3) is 0 Å². The molecule has 1 saturated carbocycles. The van der Waals surface area contributed by atoms with Crippen LogP contribution >= 0.6 is 0 Å². The molecule has 2 aliphatic rings. The second-order valence-corrected chi connectivity index (χ2v) is 5.54. The molecule has 2 rings (SSSR count). The van der Waals surface area contributed by atoms with E-state index in [1.165, 1.54) is 38.5 Å². The van der Waals surface area contributed by atoms with Crippen LogP contribution in [-0.4, -0.2) is 23.9 Å². The Bertz CT molecular complexity index is 203. The van der Waals surface area contributed by atoms with E-state index in [9.17, 15) is 0 Å². The second kappa shape index (κ2) is 4.42. The van der Waals surface area contributed by atoms with Crippen LogP contribution in [0.4, 0.5) is 0 Å². The molecule has 1 aliphatic carbocycles. The number of hydrogen-bond acceptors (Lipinski definition) is 2. The molecule has 1 saturated heterocycles. The summed E-state index contributed by atoms with van der Waals surface area (Å²) in [6.07, 6.45) is 10.2. The molecule has 88 valence electrons. The molecule has 2 fully saturated rings. The highest BCUT2D eigenvalue weighted by atomic mass is 16.6. The van der Waals surface area contributed by atoms with Crippen molar-refractivity contribution in [3.05, 3.63) is 0 Å². The van der Waals surface area contributed by atoms with Gasteiger partial charge in [-0.3, -0.25) is 0 Å². The predicted molar refractivity (Wildman–Crippen MR) is 60.8 cm³/mol. The Hall–Kier alpha value is -0.0800. The minimum absolute atomic E-state index is 0.183. The van der Waals surface area contributed by atoms with E-state index in [1.807, 2.05) is 0 Å². The lowest BCUT2D eigenvalue weighted by atomic mass is 9.63. The van der Waals surface area contributed by atoms with E-state index in [4.69, 9.17) is 9.84 Å². The van der Waals surface area contributed by atoms with Crippen molar-refractivity contribution in [2.75, 3.05) is 13.2 Å². The molecule has 2 heteroatoms. The molecular weight excluding hydrogens is 188 g/mol. The maximum atomic E-state index is 8.87. The third-order valence-electron chi connectivity index (χ3n) is 4.57. The summed E-state index contributed by atoms with van der Waals surface area (Å²) in [6.45, 7) is 3.59. The monoisotopic (exact) mass is 212 g/mol. The second-order valence-electron chi connectivity index (χ2n) is 5.54. The average Bonchev–Trinajstić information content (AvgIpc) is 3.00. The maximum Gasteiger partial charge on any atom is 0.0944 e. The van der Waals surface area contributed by atoms with E-state index in [-0.39, 0.29) is 5.60 Å². The van der Waals surface area contributed by atoms with Gasteiger partial charge in [-0.05, 0) is 32.6 Å². The first-order chi connectivity index (χ1) is 7.22.